The van der Waals surface area contributed by atoms with E-state index < -0.39 is 15.7 Å². The molecule has 0 fully saturated rings. The summed E-state index contributed by atoms with van der Waals surface area (Å²) in [5.41, 5.74) is 2.82. The van der Waals surface area contributed by atoms with Gasteiger partial charge in [-0.1, -0.05) is 12.1 Å². The molecule has 0 bridgehead atoms. The number of likely N-dealkylation sites (N-methyl/N-ethyl adjacent to an activating group) is 1. The molecule has 188 valence electrons. The predicted octanol–water partition coefficient (Wildman–Crippen LogP) is 3.61. The molecule has 0 atom stereocenters. The smallest absolute Gasteiger partial charge is 0.306 e. The van der Waals surface area contributed by atoms with Crippen LogP contribution in [-0.2, 0) is 29.4 Å². The second kappa shape index (κ2) is 11.4. The van der Waals surface area contributed by atoms with Crippen LogP contribution in [0.5, 0.6) is 17.2 Å². The van der Waals surface area contributed by atoms with E-state index in [4.69, 9.17) is 13.7 Å². The fraction of sp³-hybridized carbons (Fsp3) is 0.538. The van der Waals surface area contributed by atoms with Gasteiger partial charge in [-0.25, -0.2) is 0 Å². The third-order valence-corrected chi connectivity index (χ3v) is 7.03. The Morgan fingerprint density at radius 1 is 1.00 bits per heavy atom. The largest absolute Gasteiger partial charge is 0.493 e. The molecule has 8 heteroatoms. The monoisotopic (exact) mass is 491 g/mol. The highest BCUT2D eigenvalue weighted by atomic mass is 32.2. The molecule has 0 saturated carbocycles. The van der Waals surface area contributed by atoms with Gasteiger partial charge >= 0.3 is 10.1 Å². The molecule has 0 aliphatic heterocycles. The maximum absolute atomic E-state index is 11.3. The molecule has 34 heavy (non-hydrogen) atoms. The number of rotatable bonds is 11. The van der Waals surface area contributed by atoms with Gasteiger partial charge in [-0.3, -0.25) is 0 Å². The number of ether oxygens (including phenoxy) is 2. The SMILES string of the molecule is COc1cc2c(cc1OC)CCC(O)(CCCN(C)CCc1cccc(OS(C)(=O)=O)c1)CC2. The van der Waals surface area contributed by atoms with Gasteiger partial charge in [-0.2, -0.15) is 8.42 Å². The van der Waals surface area contributed by atoms with Crippen molar-refractivity contribution >= 4 is 10.1 Å². The van der Waals surface area contributed by atoms with E-state index in [9.17, 15) is 13.5 Å². The molecule has 0 saturated heterocycles. The zero-order valence-corrected chi connectivity index (χ0v) is 21.5. The van der Waals surface area contributed by atoms with Crippen LogP contribution < -0.4 is 13.7 Å². The Hall–Kier alpha value is -2.29. The Labute approximate surface area is 203 Å². The van der Waals surface area contributed by atoms with Gasteiger partial charge in [0.25, 0.3) is 0 Å². The maximum atomic E-state index is 11.3. The van der Waals surface area contributed by atoms with Crippen LogP contribution in [0, 0.1) is 0 Å². The van der Waals surface area contributed by atoms with Crippen LogP contribution in [0.3, 0.4) is 0 Å². The minimum Gasteiger partial charge on any atom is -0.493 e. The van der Waals surface area contributed by atoms with E-state index in [0.717, 1.165) is 81.4 Å². The number of aryl methyl sites for hydroxylation is 2. The van der Waals surface area contributed by atoms with Crippen LogP contribution in [0.25, 0.3) is 0 Å². The second-order valence-electron chi connectivity index (χ2n) is 9.29. The molecule has 0 amide bonds. The van der Waals surface area contributed by atoms with E-state index in [0.29, 0.717) is 5.75 Å². The van der Waals surface area contributed by atoms with E-state index in [1.807, 2.05) is 18.2 Å². The molecule has 1 aliphatic carbocycles. The summed E-state index contributed by atoms with van der Waals surface area (Å²) < 4.78 is 38.5. The van der Waals surface area contributed by atoms with Crippen molar-refractivity contribution in [2.45, 2.75) is 50.5 Å². The van der Waals surface area contributed by atoms with Crippen LogP contribution in [0.15, 0.2) is 36.4 Å². The van der Waals surface area contributed by atoms with Gasteiger partial charge in [0, 0.05) is 6.54 Å². The summed E-state index contributed by atoms with van der Waals surface area (Å²) in [5.74, 6) is 1.82. The molecular weight excluding hydrogens is 454 g/mol. The summed E-state index contributed by atoms with van der Waals surface area (Å²) in [6, 6.07) is 11.3. The number of hydrogen-bond acceptors (Lipinski definition) is 7. The molecule has 0 spiro atoms. The van der Waals surface area contributed by atoms with Crippen molar-refractivity contribution in [1.29, 1.82) is 0 Å². The van der Waals surface area contributed by atoms with Crippen LogP contribution in [0.4, 0.5) is 0 Å². The van der Waals surface area contributed by atoms with E-state index >= 15 is 0 Å². The number of nitrogens with zero attached hydrogens (tertiary/aromatic N) is 1. The average molecular weight is 492 g/mol. The first-order valence-electron chi connectivity index (χ1n) is 11.7. The summed E-state index contributed by atoms with van der Waals surface area (Å²) in [5, 5.41) is 11.3. The number of aliphatic hydroxyl groups is 1. The van der Waals surface area contributed by atoms with Crippen molar-refractivity contribution in [3.05, 3.63) is 53.1 Å². The van der Waals surface area contributed by atoms with Gasteiger partial charge in [-0.05, 0) is 99.5 Å². The van der Waals surface area contributed by atoms with E-state index in [-0.39, 0.29) is 0 Å². The fourth-order valence-corrected chi connectivity index (χ4v) is 5.03. The number of methoxy groups -OCH3 is 2. The van der Waals surface area contributed by atoms with Crippen molar-refractivity contribution in [2.24, 2.45) is 0 Å². The van der Waals surface area contributed by atoms with Gasteiger partial charge in [0.2, 0.25) is 0 Å². The molecule has 0 heterocycles. The maximum Gasteiger partial charge on any atom is 0.306 e. The number of hydrogen-bond donors (Lipinski definition) is 1. The zero-order valence-electron chi connectivity index (χ0n) is 20.7. The molecule has 0 aromatic heterocycles. The summed E-state index contributed by atoms with van der Waals surface area (Å²) in [6.45, 7) is 1.72. The van der Waals surface area contributed by atoms with Crippen molar-refractivity contribution < 1.29 is 27.2 Å². The first-order valence-corrected chi connectivity index (χ1v) is 13.6. The van der Waals surface area contributed by atoms with Crippen LogP contribution in [0.2, 0.25) is 0 Å². The van der Waals surface area contributed by atoms with Crippen molar-refractivity contribution in [2.75, 3.05) is 40.6 Å². The third kappa shape index (κ3) is 7.61. The highest BCUT2D eigenvalue weighted by Crippen LogP contribution is 2.37. The quantitative estimate of drug-likeness (QED) is 0.380. The van der Waals surface area contributed by atoms with E-state index in [1.54, 1.807) is 32.4 Å². The Balaban J connectivity index is 1.47. The lowest BCUT2D eigenvalue weighted by molar-refractivity contribution is 0.0135. The highest BCUT2D eigenvalue weighted by molar-refractivity contribution is 7.86. The van der Waals surface area contributed by atoms with Gasteiger partial charge in [0.15, 0.2) is 11.5 Å². The van der Waals surface area contributed by atoms with Crippen molar-refractivity contribution in [1.82, 2.24) is 4.90 Å². The minimum atomic E-state index is -3.53. The summed E-state index contributed by atoms with van der Waals surface area (Å²) in [6.07, 6.45) is 6.65. The average Bonchev–Trinajstić information content (AvgIpc) is 2.94. The molecule has 3 rings (SSSR count). The molecule has 0 radical (unpaired) electrons. The zero-order chi connectivity index (χ0) is 24.8. The molecule has 1 N–H and O–H groups in total. The molecule has 1 aliphatic rings. The first kappa shape index (κ1) is 26.3. The van der Waals surface area contributed by atoms with Gasteiger partial charge in [-0.15, -0.1) is 0 Å². The number of benzene rings is 2. The standard InChI is InChI=1S/C26H37NO6S/c1-27(16-11-20-7-5-8-23(17-20)33-34(4,29)30)15-6-12-26(28)13-9-21-18-24(31-2)25(32-3)19-22(21)10-14-26/h5,7-8,17-19,28H,6,9-16H2,1-4H3. The molecule has 7 nitrogen and oxygen atoms in total. The Morgan fingerprint density at radius 2 is 1.62 bits per heavy atom. The topological polar surface area (TPSA) is 85.3 Å². The second-order valence-corrected chi connectivity index (χ2v) is 10.9. The van der Waals surface area contributed by atoms with Crippen LogP contribution in [0.1, 0.15) is 42.4 Å². The van der Waals surface area contributed by atoms with Gasteiger partial charge in [0.05, 0.1) is 26.1 Å². The summed E-state index contributed by atoms with van der Waals surface area (Å²) in [7, 11) is 1.84. The first-order chi connectivity index (χ1) is 16.1. The fourth-order valence-electron chi connectivity index (χ4n) is 4.58. The third-order valence-electron chi connectivity index (χ3n) is 6.54. The van der Waals surface area contributed by atoms with Crippen molar-refractivity contribution in [3.63, 3.8) is 0 Å². The van der Waals surface area contributed by atoms with Gasteiger partial charge < -0.3 is 23.7 Å². The van der Waals surface area contributed by atoms with E-state index in [2.05, 4.69) is 11.9 Å². The minimum absolute atomic E-state index is 0.342. The molecule has 2 aromatic carbocycles. The lowest BCUT2D eigenvalue weighted by Gasteiger charge is -2.27. The van der Waals surface area contributed by atoms with Crippen LogP contribution in [-0.4, -0.2) is 64.6 Å². The predicted molar refractivity (Wildman–Crippen MR) is 133 cm³/mol. The Bertz CT molecular complexity index is 1030. The summed E-state index contributed by atoms with van der Waals surface area (Å²) in [4.78, 5) is 2.24. The normalized spacial score (nSPS) is 15.5. The summed E-state index contributed by atoms with van der Waals surface area (Å²) >= 11 is 0. The van der Waals surface area contributed by atoms with E-state index in [1.165, 1.54) is 11.1 Å². The Morgan fingerprint density at radius 3 is 2.18 bits per heavy atom. The Kier molecular flexibility index (Phi) is 8.84. The highest BCUT2D eigenvalue weighted by Gasteiger charge is 2.30. The van der Waals surface area contributed by atoms with Crippen LogP contribution >= 0.6 is 0 Å². The molecule has 0 unspecified atom stereocenters. The molecular formula is C26H37NO6S. The molecule has 2 aromatic rings. The number of fused-ring (bicyclic) bond motifs is 1. The van der Waals surface area contributed by atoms with Crippen molar-refractivity contribution in [3.8, 4) is 17.2 Å². The lowest BCUT2D eigenvalue weighted by atomic mass is 9.89. The lowest BCUT2D eigenvalue weighted by Crippen LogP contribution is -2.31. The van der Waals surface area contributed by atoms with Gasteiger partial charge in [0.1, 0.15) is 5.75 Å².